The average molecular weight is 461 g/mol. The van der Waals surface area contributed by atoms with E-state index < -0.39 is 11.1 Å². The van der Waals surface area contributed by atoms with Gasteiger partial charge in [-0.1, -0.05) is 23.9 Å². The minimum Gasteiger partial charge on any atom is -0.595 e. The van der Waals surface area contributed by atoms with E-state index >= 15 is 0 Å². The van der Waals surface area contributed by atoms with Crippen LogP contribution in [0.4, 0.5) is 11.4 Å². The summed E-state index contributed by atoms with van der Waals surface area (Å²) in [6, 6.07) is 12.8. The molecular weight excluding hydrogens is 440 g/mol. The number of hydrogen-bond donors (Lipinski definition) is 4. The molecule has 1 amide bonds. The van der Waals surface area contributed by atoms with Crippen LogP contribution in [0.25, 0.3) is 10.9 Å². The van der Waals surface area contributed by atoms with Crippen LogP contribution in [0.15, 0.2) is 58.5 Å². The lowest BCUT2D eigenvalue weighted by Gasteiger charge is -2.23. The molecule has 1 unspecified atom stereocenters. The zero-order valence-corrected chi connectivity index (χ0v) is 18.1. The molecule has 10 nitrogen and oxygen atoms in total. The number of hydrazine groups is 1. The second kappa shape index (κ2) is 9.85. The number of anilines is 1. The van der Waals surface area contributed by atoms with Crippen molar-refractivity contribution in [2.75, 3.05) is 10.8 Å². The number of amides is 1. The van der Waals surface area contributed by atoms with Crippen molar-refractivity contribution in [3.8, 4) is 0 Å². The molecule has 2 aromatic carbocycles. The van der Waals surface area contributed by atoms with Gasteiger partial charge in [0.1, 0.15) is 0 Å². The molecule has 1 heterocycles. The third-order valence-corrected chi connectivity index (χ3v) is 5.46. The Balaban J connectivity index is 1.75. The highest BCUT2D eigenvalue weighted by molar-refractivity contribution is 7.99. The third kappa shape index (κ3) is 5.18. The van der Waals surface area contributed by atoms with E-state index in [0.29, 0.717) is 28.3 Å². The molecule has 162 valence electrons. The lowest BCUT2D eigenvalue weighted by Crippen LogP contribution is -2.99. The largest absolute Gasteiger partial charge is 0.595 e. The van der Waals surface area contributed by atoms with Crippen LogP contribution in [-0.2, 0) is 11.3 Å². The van der Waals surface area contributed by atoms with Gasteiger partial charge in [0.25, 0.3) is 5.56 Å². The van der Waals surface area contributed by atoms with Gasteiger partial charge in [-0.25, -0.2) is 15.2 Å². The molecule has 0 radical (unpaired) electrons. The maximum Gasteiger partial charge on any atom is 0.262 e. The van der Waals surface area contributed by atoms with Crippen molar-refractivity contribution >= 4 is 57.3 Å². The minimum absolute atomic E-state index is 0.0445. The molecule has 0 bridgehead atoms. The number of hydrogen-bond acceptors (Lipinski definition) is 7. The van der Waals surface area contributed by atoms with E-state index in [0.717, 1.165) is 11.8 Å². The van der Waals surface area contributed by atoms with Crippen molar-refractivity contribution in [1.82, 2.24) is 15.0 Å². The van der Waals surface area contributed by atoms with Crippen LogP contribution >= 0.6 is 24.0 Å². The van der Waals surface area contributed by atoms with Gasteiger partial charge < -0.3 is 10.9 Å². The Morgan fingerprint density at radius 2 is 2.00 bits per heavy atom. The number of nitrogens with two attached hydrogens (primary N) is 1. The van der Waals surface area contributed by atoms with Crippen molar-refractivity contribution in [2.45, 2.75) is 18.6 Å². The molecule has 5 N–H and O–H groups in total. The van der Waals surface area contributed by atoms with Crippen LogP contribution in [0.1, 0.15) is 6.92 Å². The highest BCUT2D eigenvalue weighted by Crippen LogP contribution is 2.18. The molecule has 0 saturated carbocycles. The Hall–Kier alpha value is -3.03. The summed E-state index contributed by atoms with van der Waals surface area (Å²) in [4.78, 5) is 29.7. The van der Waals surface area contributed by atoms with Gasteiger partial charge in [0.05, 0.1) is 22.3 Å². The Bertz CT molecular complexity index is 1170. The van der Waals surface area contributed by atoms with Crippen LogP contribution in [0.2, 0.25) is 0 Å². The normalized spacial score (nSPS) is 11.8. The van der Waals surface area contributed by atoms with Gasteiger partial charge in [-0.05, 0) is 43.4 Å². The first-order valence-corrected chi connectivity index (χ1v) is 10.6. The Labute approximate surface area is 186 Å². The van der Waals surface area contributed by atoms with Crippen molar-refractivity contribution in [3.05, 3.63) is 64.1 Å². The molecular formula is C19H20N6O4S2. The number of quaternary nitrogens is 1. The highest BCUT2D eigenvalue weighted by Gasteiger charge is 2.16. The molecule has 12 heteroatoms. The number of benzene rings is 2. The van der Waals surface area contributed by atoms with Crippen LogP contribution in [0.3, 0.4) is 0 Å². The maximum absolute atomic E-state index is 12.7. The lowest BCUT2D eigenvalue weighted by molar-refractivity contribution is -0.991. The van der Waals surface area contributed by atoms with Crippen molar-refractivity contribution in [3.63, 3.8) is 0 Å². The van der Waals surface area contributed by atoms with E-state index in [9.17, 15) is 14.8 Å². The fraction of sp³-hybridized carbons (Fsp3) is 0.158. The van der Waals surface area contributed by atoms with Gasteiger partial charge in [0, 0.05) is 18.7 Å². The Kier molecular flexibility index (Phi) is 7.20. The number of rotatable bonds is 6. The molecule has 0 spiro atoms. The molecule has 0 aliphatic heterocycles. The molecule has 3 aromatic rings. The summed E-state index contributed by atoms with van der Waals surface area (Å²) >= 11 is 6.11. The summed E-state index contributed by atoms with van der Waals surface area (Å²) < 4.78 is 1.51. The van der Waals surface area contributed by atoms with Crippen LogP contribution in [-0.4, -0.2) is 31.5 Å². The topological polar surface area (TPSA) is 141 Å². The first-order valence-electron chi connectivity index (χ1n) is 9.16. The van der Waals surface area contributed by atoms with E-state index in [1.165, 1.54) is 33.8 Å². The number of aromatic nitrogens is 2. The Morgan fingerprint density at radius 1 is 1.32 bits per heavy atom. The number of carbonyl (C=O) groups excluding carboxylic acids is 1. The number of carbonyl (C=O) groups is 1. The quantitative estimate of drug-likeness (QED) is 0.181. The number of thiocarbonyl (C=S) groups is 1. The fourth-order valence-electron chi connectivity index (χ4n) is 2.82. The van der Waals surface area contributed by atoms with Crippen LogP contribution in [0, 0.1) is 5.21 Å². The van der Waals surface area contributed by atoms with E-state index in [2.05, 4.69) is 10.4 Å². The average Bonchev–Trinajstić information content (AvgIpc) is 2.76. The first-order chi connectivity index (χ1) is 14.8. The standard InChI is InChI=1S/C19H20N6O4S2/c1-2-23-17(27)14-5-3-4-6-15(14)21-19(23)31-11-16(26)22-24(18(20)30)12-7-9-13(10-8-12)25(28)29/h3-10,25,28H,2,11H2,1H3,(H2,20,30)(H,22,26). The second-order valence-corrected chi connectivity index (χ2v) is 7.67. The van der Waals surface area contributed by atoms with Gasteiger partial charge in [-0.3, -0.25) is 19.6 Å². The summed E-state index contributed by atoms with van der Waals surface area (Å²) in [5.41, 5.74) is 9.19. The SMILES string of the molecule is CCn1c(SCC(=O)NN(C(N)=S)c2ccc([NH+]([O-])O)cc2)nc2ccccc2c1=O. The number of fused-ring (bicyclic) bond motifs is 1. The molecule has 1 aromatic heterocycles. The third-order valence-electron chi connectivity index (χ3n) is 4.30. The predicted molar refractivity (Wildman–Crippen MR) is 122 cm³/mol. The Morgan fingerprint density at radius 3 is 2.61 bits per heavy atom. The zero-order valence-electron chi connectivity index (χ0n) is 16.4. The van der Waals surface area contributed by atoms with Gasteiger partial charge in [0.2, 0.25) is 5.91 Å². The fourth-order valence-corrected chi connectivity index (χ4v) is 3.83. The lowest BCUT2D eigenvalue weighted by atomic mass is 10.2. The van der Waals surface area contributed by atoms with E-state index in [1.54, 1.807) is 24.3 Å². The summed E-state index contributed by atoms with van der Waals surface area (Å²) in [5, 5.41) is 21.0. The predicted octanol–water partition coefficient (Wildman–Crippen LogP) is 0.693. The molecule has 1 atom stereocenters. The molecule has 0 aliphatic carbocycles. The number of nitrogens with one attached hydrogen (secondary N) is 2. The highest BCUT2D eigenvalue weighted by atomic mass is 32.2. The molecule has 3 rings (SSSR count). The molecule has 0 fully saturated rings. The number of thioether (sulfide) groups is 1. The first kappa shape index (κ1) is 22.7. The molecule has 0 saturated heterocycles. The number of para-hydroxylation sites is 1. The van der Waals surface area contributed by atoms with Crippen LogP contribution in [0.5, 0.6) is 0 Å². The summed E-state index contributed by atoms with van der Waals surface area (Å²) in [5.74, 6) is -0.470. The zero-order chi connectivity index (χ0) is 22.5. The van der Waals surface area contributed by atoms with E-state index in [-0.39, 0.29) is 22.1 Å². The summed E-state index contributed by atoms with van der Waals surface area (Å²) in [6.45, 7) is 2.24. The van der Waals surface area contributed by atoms with Gasteiger partial charge in [0.15, 0.2) is 16.0 Å². The monoisotopic (exact) mass is 460 g/mol. The van der Waals surface area contributed by atoms with Crippen LogP contribution < -0.4 is 27.0 Å². The van der Waals surface area contributed by atoms with Gasteiger partial charge in [-0.2, -0.15) is 5.23 Å². The van der Waals surface area contributed by atoms with Crippen molar-refractivity contribution < 1.29 is 15.2 Å². The number of nitrogens with zero attached hydrogens (tertiary/aromatic N) is 3. The summed E-state index contributed by atoms with van der Waals surface area (Å²) in [7, 11) is 0. The molecule has 0 aliphatic rings. The smallest absolute Gasteiger partial charge is 0.262 e. The van der Waals surface area contributed by atoms with E-state index in [4.69, 9.17) is 23.2 Å². The second-order valence-electron chi connectivity index (χ2n) is 6.31. The maximum atomic E-state index is 12.7. The summed E-state index contributed by atoms with van der Waals surface area (Å²) in [6.07, 6.45) is 0. The van der Waals surface area contributed by atoms with Crippen molar-refractivity contribution in [2.24, 2.45) is 5.73 Å². The van der Waals surface area contributed by atoms with Gasteiger partial charge in [-0.15, -0.1) is 0 Å². The van der Waals surface area contributed by atoms with Gasteiger partial charge >= 0.3 is 0 Å². The minimum atomic E-state index is -1.07. The molecule has 31 heavy (non-hydrogen) atoms. The van der Waals surface area contributed by atoms with E-state index in [1.807, 2.05) is 6.92 Å². The van der Waals surface area contributed by atoms with Crippen molar-refractivity contribution in [1.29, 1.82) is 0 Å².